The monoisotopic (exact) mass is 261 g/mol. The van der Waals surface area contributed by atoms with Gasteiger partial charge in [-0.15, -0.1) is 0 Å². The number of ether oxygens (including phenoxy) is 2. The molecule has 1 N–H and O–H groups in total. The van der Waals surface area contributed by atoms with Crippen LogP contribution in [0.1, 0.15) is 36.4 Å². The quantitative estimate of drug-likeness (QED) is 0.887. The molecule has 2 unspecified atom stereocenters. The number of rotatable bonds is 2. The highest BCUT2D eigenvalue weighted by Crippen LogP contribution is 2.32. The topological polar surface area (TPSA) is 47.6 Å². The molecule has 1 aromatic rings. The molecule has 0 bridgehead atoms. The summed E-state index contributed by atoms with van der Waals surface area (Å²) in [6.07, 6.45) is 2.35. The van der Waals surface area contributed by atoms with Crippen LogP contribution >= 0.6 is 0 Å². The van der Waals surface area contributed by atoms with Crippen molar-refractivity contribution in [2.75, 3.05) is 13.2 Å². The molecule has 3 rings (SSSR count). The molecule has 2 aliphatic heterocycles. The highest BCUT2D eigenvalue weighted by molar-refractivity contribution is 5.81. The summed E-state index contributed by atoms with van der Waals surface area (Å²) in [5, 5.41) is 3.10. The van der Waals surface area contributed by atoms with E-state index in [4.69, 9.17) is 9.47 Å². The van der Waals surface area contributed by atoms with E-state index in [9.17, 15) is 4.79 Å². The number of amides is 1. The number of fused-ring (bicyclic) bond motifs is 1. The normalized spacial score (nSPS) is 25.5. The molecule has 0 saturated carbocycles. The lowest BCUT2D eigenvalue weighted by Gasteiger charge is -2.28. The van der Waals surface area contributed by atoms with Gasteiger partial charge in [0.15, 0.2) is 0 Å². The van der Waals surface area contributed by atoms with Crippen molar-refractivity contribution in [3.8, 4) is 5.75 Å². The summed E-state index contributed by atoms with van der Waals surface area (Å²) < 4.78 is 11.1. The first kappa shape index (κ1) is 12.5. The largest absolute Gasteiger partial charge is 0.493 e. The first-order valence-electron chi connectivity index (χ1n) is 6.89. The molecule has 2 atom stereocenters. The Morgan fingerprint density at radius 1 is 1.32 bits per heavy atom. The molecule has 0 aromatic heterocycles. The predicted octanol–water partition coefficient (Wildman–Crippen LogP) is 2.11. The van der Waals surface area contributed by atoms with Crippen LogP contribution in [0.3, 0.4) is 0 Å². The van der Waals surface area contributed by atoms with E-state index in [1.807, 2.05) is 19.1 Å². The van der Waals surface area contributed by atoms with Crippen molar-refractivity contribution in [1.82, 2.24) is 5.32 Å². The van der Waals surface area contributed by atoms with E-state index >= 15 is 0 Å². The molecule has 1 saturated heterocycles. The van der Waals surface area contributed by atoms with Crippen molar-refractivity contribution in [1.29, 1.82) is 0 Å². The third kappa shape index (κ3) is 2.59. The van der Waals surface area contributed by atoms with E-state index in [0.29, 0.717) is 13.2 Å². The van der Waals surface area contributed by atoms with Gasteiger partial charge in [0.25, 0.3) is 0 Å². The van der Waals surface area contributed by atoms with Gasteiger partial charge >= 0.3 is 0 Å². The third-order valence-electron chi connectivity index (χ3n) is 3.74. The molecular formula is C15H19NO3. The molecule has 2 aliphatic rings. The maximum atomic E-state index is 12.1. The van der Waals surface area contributed by atoms with Gasteiger partial charge in [-0.05, 0) is 25.8 Å². The molecule has 1 aromatic carbocycles. The van der Waals surface area contributed by atoms with Crippen molar-refractivity contribution in [3.63, 3.8) is 0 Å². The van der Waals surface area contributed by atoms with Crippen molar-refractivity contribution in [3.05, 3.63) is 29.3 Å². The fourth-order valence-electron chi connectivity index (χ4n) is 2.71. The van der Waals surface area contributed by atoms with Gasteiger partial charge in [0, 0.05) is 18.6 Å². The zero-order valence-electron chi connectivity index (χ0n) is 11.1. The number of aryl methyl sites for hydroxylation is 1. The number of nitrogens with one attached hydrogen (secondary N) is 1. The molecule has 1 amide bonds. The van der Waals surface area contributed by atoms with Gasteiger partial charge in [0.05, 0.1) is 12.6 Å². The molecule has 4 heteroatoms. The summed E-state index contributed by atoms with van der Waals surface area (Å²) in [6, 6.07) is 6.15. The van der Waals surface area contributed by atoms with E-state index in [1.54, 1.807) is 0 Å². The lowest BCUT2D eigenvalue weighted by atomic mass is 9.98. The van der Waals surface area contributed by atoms with Crippen molar-refractivity contribution in [2.24, 2.45) is 0 Å². The summed E-state index contributed by atoms with van der Waals surface area (Å²) in [6.45, 7) is 3.39. The Morgan fingerprint density at radius 2 is 2.21 bits per heavy atom. The smallest absolute Gasteiger partial charge is 0.249 e. The molecule has 102 valence electrons. The molecule has 0 aliphatic carbocycles. The fraction of sp³-hybridized carbons (Fsp3) is 0.533. The summed E-state index contributed by atoms with van der Waals surface area (Å²) in [5.41, 5.74) is 2.26. The first-order valence-corrected chi connectivity index (χ1v) is 6.89. The maximum absolute atomic E-state index is 12.1. The molecule has 0 spiro atoms. The zero-order chi connectivity index (χ0) is 13.2. The fourth-order valence-corrected chi connectivity index (χ4v) is 2.71. The van der Waals surface area contributed by atoms with Gasteiger partial charge in [-0.25, -0.2) is 0 Å². The van der Waals surface area contributed by atoms with Crippen molar-refractivity contribution >= 4 is 5.91 Å². The maximum Gasteiger partial charge on any atom is 0.249 e. The second-order valence-electron chi connectivity index (χ2n) is 5.24. The van der Waals surface area contributed by atoms with Crippen LogP contribution in [-0.2, 0) is 9.53 Å². The molecule has 19 heavy (non-hydrogen) atoms. The lowest BCUT2D eigenvalue weighted by molar-refractivity contribution is -0.131. The van der Waals surface area contributed by atoms with Gasteiger partial charge in [-0.3, -0.25) is 4.79 Å². The highest BCUT2D eigenvalue weighted by atomic mass is 16.5. The van der Waals surface area contributed by atoms with Crippen LogP contribution in [0.25, 0.3) is 0 Å². The zero-order valence-corrected chi connectivity index (χ0v) is 11.1. The SMILES string of the molecule is Cc1ccc2c(c1)C(NC(=O)C1CCCO1)CCO2. The standard InChI is InChI=1S/C15H19NO3/c1-10-4-5-13-11(9-10)12(6-8-19-13)16-15(17)14-3-2-7-18-14/h4-5,9,12,14H,2-3,6-8H2,1H3,(H,16,17). The second-order valence-corrected chi connectivity index (χ2v) is 5.24. The first-order chi connectivity index (χ1) is 9.24. The van der Waals surface area contributed by atoms with Crippen LogP contribution in [0.4, 0.5) is 0 Å². The summed E-state index contributed by atoms with van der Waals surface area (Å²) in [5.74, 6) is 0.895. The van der Waals surface area contributed by atoms with Crippen LogP contribution < -0.4 is 10.1 Å². The number of hydrogen-bond donors (Lipinski definition) is 1. The van der Waals surface area contributed by atoms with E-state index in [2.05, 4.69) is 11.4 Å². The Kier molecular flexibility index (Phi) is 3.42. The van der Waals surface area contributed by atoms with Gasteiger partial charge < -0.3 is 14.8 Å². The van der Waals surface area contributed by atoms with Gasteiger partial charge in [0.1, 0.15) is 11.9 Å². The predicted molar refractivity (Wildman–Crippen MR) is 71.1 cm³/mol. The molecule has 2 heterocycles. The van der Waals surface area contributed by atoms with Crippen LogP contribution in [0.15, 0.2) is 18.2 Å². The minimum Gasteiger partial charge on any atom is -0.493 e. The summed E-state index contributed by atoms with van der Waals surface area (Å²) >= 11 is 0. The Hall–Kier alpha value is -1.55. The number of carbonyl (C=O) groups excluding carboxylic acids is 1. The van der Waals surface area contributed by atoms with Gasteiger partial charge in [-0.2, -0.15) is 0 Å². The lowest BCUT2D eigenvalue weighted by Crippen LogP contribution is -2.38. The Bertz CT molecular complexity index is 480. The minimum atomic E-state index is -0.267. The average molecular weight is 261 g/mol. The second kappa shape index (κ2) is 5.21. The van der Waals surface area contributed by atoms with E-state index in [-0.39, 0.29) is 18.1 Å². The Balaban J connectivity index is 1.75. The van der Waals surface area contributed by atoms with E-state index in [1.165, 1.54) is 5.56 Å². The van der Waals surface area contributed by atoms with Gasteiger partial charge in [0.2, 0.25) is 5.91 Å². The Morgan fingerprint density at radius 3 is 3.00 bits per heavy atom. The average Bonchev–Trinajstić information content (AvgIpc) is 2.93. The third-order valence-corrected chi connectivity index (χ3v) is 3.74. The molecule has 0 radical (unpaired) electrons. The summed E-state index contributed by atoms with van der Waals surface area (Å²) in [7, 11) is 0. The number of benzene rings is 1. The number of carbonyl (C=O) groups is 1. The number of hydrogen-bond acceptors (Lipinski definition) is 3. The van der Waals surface area contributed by atoms with E-state index < -0.39 is 0 Å². The minimum absolute atomic E-state index is 0.0110. The summed E-state index contributed by atoms with van der Waals surface area (Å²) in [4.78, 5) is 12.1. The van der Waals surface area contributed by atoms with Crippen LogP contribution in [0.2, 0.25) is 0 Å². The van der Waals surface area contributed by atoms with Crippen LogP contribution in [0.5, 0.6) is 5.75 Å². The van der Waals surface area contributed by atoms with Gasteiger partial charge in [-0.1, -0.05) is 17.7 Å². The van der Waals surface area contributed by atoms with E-state index in [0.717, 1.165) is 30.6 Å². The van der Waals surface area contributed by atoms with Crippen molar-refractivity contribution < 1.29 is 14.3 Å². The van der Waals surface area contributed by atoms with Crippen molar-refractivity contribution in [2.45, 2.75) is 38.3 Å². The Labute approximate surface area is 113 Å². The molecular weight excluding hydrogens is 242 g/mol. The van der Waals surface area contributed by atoms with Crippen LogP contribution in [-0.4, -0.2) is 25.2 Å². The van der Waals surface area contributed by atoms with Crippen LogP contribution in [0, 0.1) is 6.92 Å². The molecule has 4 nitrogen and oxygen atoms in total. The molecule has 1 fully saturated rings. The highest BCUT2D eigenvalue weighted by Gasteiger charge is 2.28.